The molecule has 4 amide bonds. The third-order valence-electron chi connectivity index (χ3n) is 5.52. The Hall–Kier alpha value is -3.53. The van der Waals surface area contributed by atoms with Crippen molar-refractivity contribution in [1.82, 2.24) is 25.7 Å². The van der Waals surface area contributed by atoms with Crippen molar-refractivity contribution in [2.45, 2.75) is 38.5 Å². The number of amides is 4. The predicted octanol–water partition coefficient (Wildman–Crippen LogP) is 0.0262. The average Bonchev–Trinajstić information content (AvgIpc) is 3.37. The molecular weight excluding hydrogens is 376 g/mol. The van der Waals surface area contributed by atoms with Crippen LogP contribution in [0.15, 0.2) is 18.2 Å². The summed E-state index contributed by atoms with van der Waals surface area (Å²) >= 11 is 0. The number of rotatable bonds is 4. The number of imide groups is 2. The SMILES string of the molecule is O=C1CCC(N2C(=O)c3ccc(CNc4n[nH]c5c4CNC5)cc3C2=O)C(=O)N1. The monoisotopic (exact) mass is 394 g/mol. The molecular formula is C19H18N6O4. The van der Waals surface area contributed by atoms with E-state index in [1.54, 1.807) is 18.2 Å². The normalized spacial score (nSPS) is 20.7. The lowest BCUT2D eigenvalue weighted by Crippen LogP contribution is -2.54. The van der Waals surface area contributed by atoms with Gasteiger partial charge in [-0.15, -0.1) is 0 Å². The average molecular weight is 394 g/mol. The highest BCUT2D eigenvalue weighted by molar-refractivity contribution is 6.23. The van der Waals surface area contributed by atoms with Crippen LogP contribution in [0.1, 0.15) is 50.4 Å². The van der Waals surface area contributed by atoms with Gasteiger partial charge in [-0.2, -0.15) is 5.10 Å². The number of H-pyrrole nitrogens is 1. The van der Waals surface area contributed by atoms with Crippen LogP contribution in [-0.4, -0.2) is 44.8 Å². The van der Waals surface area contributed by atoms with E-state index < -0.39 is 29.7 Å². The molecule has 0 bridgehead atoms. The fraction of sp³-hybridized carbons (Fsp3) is 0.316. The van der Waals surface area contributed by atoms with Gasteiger partial charge in [-0.25, -0.2) is 0 Å². The zero-order valence-corrected chi connectivity index (χ0v) is 15.4. The van der Waals surface area contributed by atoms with E-state index in [1.165, 1.54) is 0 Å². The number of hydrogen-bond acceptors (Lipinski definition) is 7. The molecule has 1 saturated heterocycles. The Kier molecular flexibility index (Phi) is 3.95. The van der Waals surface area contributed by atoms with Crippen molar-refractivity contribution in [2.75, 3.05) is 5.32 Å². The summed E-state index contributed by atoms with van der Waals surface area (Å²) < 4.78 is 0. The first-order chi connectivity index (χ1) is 14.0. The Bertz CT molecular complexity index is 1070. The molecule has 3 aliphatic heterocycles. The second-order valence-corrected chi connectivity index (χ2v) is 7.31. The van der Waals surface area contributed by atoms with E-state index >= 15 is 0 Å². The van der Waals surface area contributed by atoms with Crippen molar-refractivity contribution in [3.63, 3.8) is 0 Å². The second kappa shape index (κ2) is 6.52. The molecule has 4 heterocycles. The van der Waals surface area contributed by atoms with Crippen molar-refractivity contribution in [1.29, 1.82) is 0 Å². The molecule has 1 unspecified atom stereocenters. The lowest BCUT2D eigenvalue weighted by Gasteiger charge is -2.27. The number of fused-ring (bicyclic) bond motifs is 2. The summed E-state index contributed by atoms with van der Waals surface area (Å²) in [5.74, 6) is -1.26. The molecule has 3 aliphatic rings. The molecule has 2 aromatic rings. The molecule has 148 valence electrons. The quantitative estimate of drug-likeness (QED) is 0.537. The summed E-state index contributed by atoms with van der Waals surface area (Å²) in [5, 5.41) is 15.9. The maximum absolute atomic E-state index is 12.9. The van der Waals surface area contributed by atoms with Gasteiger partial charge in [0.25, 0.3) is 11.8 Å². The number of piperidine rings is 1. The van der Waals surface area contributed by atoms with E-state index in [4.69, 9.17) is 0 Å². The highest BCUT2D eigenvalue weighted by Crippen LogP contribution is 2.29. The minimum absolute atomic E-state index is 0.0990. The number of anilines is 1. The summed E-state index contributed by atoms with van der Waals surface area (Å²) in [6, 6.07) is 4.09. The van der Waals surface area contributed by atoms with Gasteiger partial charge in [-0.3, -0.25) is 34.5 Å². The number of hydrogen-bond donors (Lipinski definition) is 4. The Morgan fingerprint density at radius 3 is 2.76 bits per heavy atom. The molecule has 10 heteroatoms. The number of aromatic amines is 1. The number of carbonyl (C=O) groups excluding carboxylic acids is 4. The van der Waals surface area contributed by atoms with Crippen LogP contribution in [0, 0.1) is 0 Å². The largest absolute Gasteiger partial charge is 0.364 e. The predicted molar refractivity (Wildman–Crippen MR) is 99.6 cm³/mol. The van der Waals surface area contributed by atoms with E-state index in [0.29, 0.717) is 6.54 Å². The zero-order chi connectivity index (χ0) is 20.1. The fourth-order valence-corrected chi connectivity index (χ4v) is 4.01. The topological polar surface area (TPSA) is 136 Å². The lowest BCUT2D eigenvalue weighted by molar-refractivity contribution is -0.136. The highest BCUT2D eigenvalue weighted by Gasteiger charge is 2.44. The van der Waals surface area contributed by atoms with Gasteiger partial charge in [-0.05, 0) is 24.1 Å². The van der Waals surface area contributed by atoms with Crippen LogP contribution in [-0.2, 0) is 29.2 Å². The summed E-state index contributed by atoms with van der Waals surface area (Å²) in [6.07, 6.45) is 0.241. The van der Waals surface area contributed by atoms with Crippen LogP contribution in [0.4, 0.5) is 5.82 Å². The van der Waals surface area contributed by atoms with Crippen LogP contribution in [0.2, 0.25) is 0 Å². The zero-order valence-electron chi connectivity index (χ0n) is 15.4. The van der Waals surface area contributed by atoms with Gasteiger partial charge >= 0.3 is 0 Å². The summed E-state index contributed by atoms with van der Waals surface area (Å²) in [5.41, 5.74) is 3.52. The summed E-state index contributed by atoms with van der Waals surface area (Å²) in [4.78, 5) is 50.0. The van der Waals surface area contributed by atoms with Crippen LogP contribution in [0.3, 0.4) is 0 Å². The van der Waals surface area contributed by atoms with Gasteiger partial charge in [0, 0.05) is 31.6 Å². The number of carbonyl (C=O) groups is 4. The lowest BCUT2D eigenvalue weighted by atomic mass is 10.0. The second-order valence-electron chi connectivity index (χ2n) is 7.31. The summed E-state index contributed by atoms with van der Waals surface area (Å²) in [6.45, 7) is 1.94. The van der Waals surface area contributed by atoms with Gasteiger partial charge in [0.05, 0.1) is 16.8 Å². The number of aromatic nitrogens is 2. The van der Waals surface area contributed by atoms with Gasteiger partial charge in [0.2, 0.25) is 11.8 Å². The third kappa shape index (κ3) is 2.80. The Morgan fingerprint density at radius 1 is 1.10 bits per heavy atom. The van der Waals surface area contributed by atoms with Crippen molar-refractivity contribution in [3.8, 4) is 0 Å². The van der Waals surface area contributed by atoms with E-state index in [2.05, 4.69) is 26.1 Å². The molecule has 0 spiro atoms. The Morgan fingerprint density at radius 2 is 1.93 bits per heavy atom. The fourth-order valence-electron chi connectivity index (χ4n) is 4.01. The van der Waals surface area contributed by atoms with Crippen LogP contribution < -0.4 is 16.0 Å². The van der Waals surface area contributed by atoms with E-state index in [-0.39, 0.29) is 24.0 Å². The Balaban J connectivity index is 1.35. The minimum Gasteiger partial charge on any atom is -0.364 e. The molecule has 4 N–H and O–H groups in total. The van der Waals surface area contributed by atoms with Crippen LogP contribution in [0.25, 0.3) is 0 Å². The maximum atomic E-state index is 12.9. The first-order valence-electron chi connectivity index (χ1n) is 9.38. The molecule has 1 aromatic heterocycles. The molecule has 29 heavy (non-hydrogen) atoms. The third-order valence-corrected chi connectivity index (χ3v) is 5.52. The van der Waals surface area contributed by atoms with Gasteiger partial charge in [-0.1, -0.05) is 6.07 Å². The standard InChI is InChI=1S/C19H18N6O4/c26-15-4-3-14(17(27)22-15)25-18(28)10-2-1-9(5-11(10)19(25)29)6-21-16-12-7-20-8-13(12)23-24-16/h1-2,5,14,20H,3-4,6-8H2,(H2,21,23,24)(H,22,26,27). The Labute approximate surface area is 165 Å². The van der Waals surface area contributed by atoms with Crippen LogP contribution >= 0.6 is 0 Å². The molecule has 5 rings (SSSR count). The van der Waals surface area contributed by atoms with Crippen LogP contribution in [0.5, 0.6) is 0 Å². The van der Waals surface area contributed by atoms with Crippen molar-refractivity contribution < 1.29 is 19.2 Å². The van der Waals surface area contributed by atoms with Gasteiger partial charge in [0.1, 0.15) is 6.04 Å². The number of nitrogens with one attached hydrogen (secondary N) is 4. The van der Waals surface area contributed by atoms with Gasteiger partial charge < -0.3 is 10.6 Å². The number of nitrogens with zero attached hydrogens (tertiary/aromatic N) is 2. The molecule has 10 nitrogen and oxygen atoms in total. The summed E-state index contributed by atoms with van der Waals surface area (Å²) in [7, 11) is 0. The van der Waals surface area contributed by atoms with E-state index in [0.717, 1.165) is 40.6 Å². The van der Waals surface area contributed by atoms with E-state index in [1.807, 2.05) is 0 Å². The van der Waals surface area contributed by atoms with Crippen molar-refractivity contribution in [3.05, 3.63) is 46.1 Å². The molecule has 0 saturated carbocycles. The first-order valence-corrected chi connectivity index (χ1v) is 9.38. The minimum atomic E-state index is -0.958. The molecule has 1 atom stereocenters. The van der Waals surface area contributed by atoms with E-state index in [9.17, 15) is 19.2 Å². The molecule has 0 aliphatic carbocycles. The molecule has 1 aromatic carbocycles. The smallest absolute Gasteiger partial charge is 0.262 e. The maximum Gasteiger partial charge on any atom is 0.262 e. The molecule has 1 fully saturated rings. The molecule has 0 radical (unpaired) electrons. The number of benzene rings is 1. The first kappa shape index (κ1) is 17.6. The van der Waals surface area contributed by atoms with Crippen molar-refractivity contribution >= 4 is 29.4 Å². The van der Waals surface area contributed by atoms with Gasteiger partial charge in [0.15, 0.2) is 5.82 Å². The van der Waals surface area contributed by atoms with Crippen molar-refractivity contribution in [2.24, 2.45) is 0 Å². The highest BCUT2D eigenvalue weighted by atomic mass is 16.2.